The van der Waals surface area contributed by atoms with Gasteiger partial charge in [-0.25, -0.2) is 4.98 Å². The Labute approximate surface area is 104 Å². The second-order valence-corrected chi connectivity index (χ2v) is 4.01. The van der Waals surface area contributed by atoms with E-state index in [0.717, 1.165) is 11.3 Å². The standard InChI is InChI=1S/C13H13FN2O2/c1-9-10(5-7-18-9)8-16(2)13(17)11-4-3-6-15-12(11)14/h3-7H,8H2,1-2H3. The number of halogens is 1. The van der Waals surface area contributed by atoms with Crippen molar-refractivity contribution in [3.8, 4) is 0 Å². The second-order valence-electron chi connectivity index (χ2n) is 4.01. The van der Waals surface area contributed by atoms with Crippen molar-refractivity contribution in [1.29, 1.82) is 0 Å². The maximum atomic E-state index is 13.4. The maximum Gasteiger partial charge on any atom is 0.258 e. The van der Waals surface area contributed by atoms with E-state index >= 15 is 0 Å². The number of hydrogen-bond acceptors (Lipinski definition) is 3. The van der Waals surface area contributed by atoms with E-state index in [1.54, 1.807) is 19.4 Å². The van der Waals surface area contributed by atoms with Gasteiger partial charge in [0.05, 0.1) is 11.8 Å². The van der Waals surface area contributed by atoms with E-state index in [4.69, 9.17) is 4.42 Å². The Hall–Kier alpha value is -2.17. The summed E-state index contributed by atoms with van der Waals surface area (Å²) in [6.45, 7) is 2.19. The van der Waals surface area contributed by atoms with Gasteiger partial charge in [-0.15, -0.1) is 0 Å². The number of furan rings is 1. The zero-order valence-electron chi connectivity index (χ0n) is 10.2. The van der Waals surface area contributed by atoms with Crippen molar-refractivity contribution in [3.05, 3.63) is 53.5 Å². The highest BCUT2D eigenvalue weighted by Crippen LogP contribution is 2.13. The molecule has 94 valence electrons. The van der Waals surface area contributed by atoms with Crippen LogP contribution in [0.5, 0.6) is 0 Å². The first-order valence-corrected chi connectivity index (χ1v) is 5.48. The van der Waals surface area contributed by atoms with Crippen LogP contribution in [0.15, 0.2) is 35.1 Å². The molecule has 2 heterocycles. The summed E-state index contributed by atoms with van der Waals surface area (Å²) in [6.07, 6.45) is 2.87. The van der Waals surface area contributed by atoms with Crippen LogP contribution in [-0.2, 0) is 6.54 Å². The van der Waals surface area contributed by atoms with Crippen molar-refractivity contribution in [2.45, 2.75) is 13.5 Å². The minimum absolute atomic E-state index is 0.0267. The van der Waals surface area contributed by atoms with Crippen LogP contribution in [0.25, 0.3) is 0 Å². The van der Waals surface area contributed by atoms with E-state index in [2.05, 4.69) is 4.98 Å². The monoisotopic (exact) mass is 248 g/mol. The molecule has 4 nitrogen and oxygen atoms in total. The van der Waals surface area contributed by atoms with E-state index in [-0.39, 0.29) is 5.56 Å². The van der Waals surface area contributed by atoms with Crippen LogP contribution in [0.3, 0.4) is 0 Å². The number of amides is 1. The molecule has 0 radical (unpaired) electrons. The summed E-state index contributed by atoms with van der Waals surface area (Å²) in [4.78, 5) is 16.9. The Bertz CT molecular complexity index is 566. The molecule has 0 aliphatic carbocycles. The summed E-state index contributed by atoms with van der Waals surface area (Å²) in [6, 6.07) is 4.75. The first kappa shape index (κ1) is 12.3. The molecule has 0 atom stereocenters. The summed E-state index contributed by atoms with van der Waals surface area (Å²) in [5.74, 6) is -0.402. The zero-order chi connectivity index (χ0) is 13.1. The molecule has 2 aromatic heterocycles. The summed E-state index contributed by atoms with van der Waals surface area (Å²) < 4.78 is 18.5. The smallest absolute Gasteiger partial charge is 0.258 e. The predicted octanol–water partition coefficient (Wildman–Crippen LogP) is 2.39. The van der Waals surface area contributed by atoms with Gasteiger partial charge in [0.25, 0.3) is 5.91 Å². The molecule has 1 amide bonds. The number of hydrogen-bond donors (Lipinski definition) is 0. The molecule has 0 saturated carbocycles. The predicted molar refractivity (Wildman–Crippen MR) is 63.4 cm³/mol. The normalized spacial score (nSPS) is 10.4. The second kappa shape index (κ2) is 5.00. The van der Waals surface area contributed by atoms with E-state index in [0.29, 0.717) is 6.54 Å². The highest BCUT2D eigenvalue weighted by Gasteiger charge is 2.17. The Morgan fingerprint density at radius 3 is 2.89 bits per heavy atom. The number of aryl methyl sites for hydroxylation is 1. The fraction of sp³-hybridized carbons (Fsp3) is 0.231. The van der Waals surface area contributed by atoms with Crippen LogP contribution in [0.1, 0.15) is 21.7 Å². The summed E-state index contributed by atoms with van der Waals surface area (Å²) in [5, 5.41) is 0. The van der Waals surface area contributed by atoms with Gasteiger partial charge >= 0.3 is 0 Å². The van der Waals surface area contributed by atoms with Crippen LogP contribution in [0.2, 0.25) is 0 Å². The van der Waals surface area contributed by atoms with Crippen LogP contribution in [0.4, 0.5) is 4.39 Å². The molecule has 18 heavy (non-hydrogen) atoms. The molecule has 0 saturated heterocycles. The van der Waals surface area contributed by atoms with Gasteiger partial charge in [-0.05, 0) is 25.1 Å². The van der Waals surface area contributed by atoms with E-state index < -0.39 is 11.9 Å². The first-order chi connectivity index (χ1) is 8.59. The highest BCUT2D eigenvalue weighted by atomic mass is 19.1. The molecule has 0 bridgehead atoms. The van der Waals surface area contributed by atoms with Crippen molar-refractivity contribution in [1.82, 2.24) is 9.88 Å². The summed E-state index contributed by atoms with van der Waals surface area (Å²) in [5.41, 5.74) is 0.872. The van der Waals surface area contributed by atoms with Gasteiger partial charge in [0, 0.05) is 25.4 Å². The molecule has 0 spiro atoms. The molecular weight excluding hydrogens is 235 g/mol. The van der Waals surface area contributed by atoms with Gasteiger partial charge in [-0.1, -0.05) is 0 Å². The Morgan fingerprint density at radius 2 is 2.28 bits per heavy atom. The third kappa shape index (κ3) is 2.40. The van der Waals surface area contributed by atoms with Gasteiger partial charge in [-0.2, -0.15) is 4.39 Å². The van der Waals surface area contributed by atoms with Crippen LogP contribution < -0.4 is 0 Å². The van der Waals surface area contributed by atoms with Crippen LogP contribution in [0, 0.1) is 12.9 Å². The lowest BCUT2D eigenvalue weighted by atomic mass is 10.2. The zero-order valence-corrected chi connectivity index (χ0v) is 10.2. The Morgan fingerprint density at radius 1 is 1.50 bits per heavy atom. The lowest BCUT2D eigenvalue weighted by Crippen LogP contribution is -2.27. The molecule has 0 N–H and O–H groups in total. The molecule has 0 aromatic carbocycles. The number of carbonyl (C=O) groups is 1. The number of pyridine rings is 1. The minimum Gasteiger partial charge on any atom is -0.469 e. The number of nitrogens with zero attached hydrogens (tertiary/aromatic N) is 2. The molecule has 2 rings (SSSR count). The molecule has 0 unspecified atom stereocenters. The van der Waals surface area contributed by atoms with E-state index in [1.165, 1.54) is 23.2 Å². The third-order valence-electron chi connectivity index (χ3n) is 2.71. The number of rotatable bonds is 3. The Balaban J connectivity index is 2.15. The van der Waals surface area contributed by atoms with Crippen molar-refractivity contribution in [2.24, 2.45) is 0 Å². The number of carbonyl (C=O) groups excluding carboxylic acids is 1. The molecular formula is C13H13FN2O2. The average molecular weight is 248 g/mol. The molecule has 5 heteroatoms. The third-order valence-corrected chi connectivity index (χ3v) is 2.71. The number of aromatic nitrogens is 1. The first-order valence-electron chi connectivity index (χ1n) is 5.48. The van der Waals surface area contributed by atoms with Crippen LogP contribution in [-0.4, -0.2) is 22.8 Å². The minimum atomic E-state index is -0.752. The summed E-state index contributed by atoms with van der Waals surface area (Å²) >= 11 is 0. The lowest BCUT2D eigenvalue weighted by Gasteiger charge is -2.16. The SMILES string of the molecule is Cc1occc1CN(C)C(=O)c1cccnc1F. The fourth-order valence-corrected chi connectivity index (χ4v) is 1.65. The topological polar surface area (TPSA) is 46.3 Å². The lowest BCUT2D eigenvalue weighted by molar-refractivity contribution is 0.0779. The van der Waals surface area contributed by atoms with Crippen molar-refractivity contribution in [2.75, 3.05) is 7.05 Å². The van der Waals surface area contributed by atoms with Gasteiger partial charge in [0.1, 0.15) is 5.76 Å². The summed E-state index contributed by atoms with van der Waals surface area (Å²) in [7, 11) is 1.61. The van der Waals surface area contributed by atoms with Crippen molar-refractivity contribution in [3.63, 3.8) is 0 Å². The van der Waals surface area contributed by atoms with Gasteiger partial charge in [0.2, 0.25) is 5.95 Å². The molecule has 2 aromatic rings. The van der Waals surface area contributed by atoms with E-state index in [1.807, 2.05) is 6.92 Å². The molecule has 0 aliphatic heterocycles. The molecule has 0 fully saturated rings. The van der Waals surface area contributed by atoms with Crippen molar-refractivity contribution < 1.29 is 13.6 Å². The quantitative estimate of drug-likeness (QED) is 0.783. The fourth-order valence-electron chi connectivity index (χ4n) is 1.65. The van der Waals surface area contributed by atoms with Gasteiger partial charge in [0.15, 0.2) is 0 Å². The Kier molecular flexibility index (Phi) is 3.41. The average Bonchev–Trinajstić information content (AvgIpc) is 2.75. The highest BCUT2D eigenvalue weighted by molar-refractivity contribution is 5.93. The van der Waals surface area contributed by atoms with E-state index in [9.17, 15) is 9.18 Å². The maximum absolute atomic E-state index is 13.4. The largest absolute Gasteiger partial charge is 0.469 e. The van der Waals surface area contributed by atoms with Crippen molar-refractivity contribution >= 4 is 5.91 Å². The molecule has 0 aliphatic rings. The van der Waals surface area contributed by atoms with Gasteiger partial charge in [-0.3, -0.25) is 4.79 Å². The van der Waals surface area contributed by atoms with Gasteiger partial charge < -0.3 is 9.32 Å². The van der Waals surface area contributed by atoms with Crippen LogP contribution >= 0.6 is 0 Å².